The van der Waals surface area contributed by atoms with Crippen LogP contribution in [0.15, 0.2) is 75.4 Å². The van der Waals surface area contributed by atoms with Crippen LogP contribution in [-0.2, 0) is 0 Å². The number of hydrogen-bond donors (Lipinski definition) is 1. The Kier molecular flexibility index (Phi) is 3.87. The van der Waals surface area contributed by atoms with Gasteiger partial charge in [0.2, 0.25) is 0 Å². The fourth-order valence-electron chi connectivity index (χ4n) is 2.48. The van der Waals surface area contributed by atoms with E-state index < -0.39 is 11.5 Å². The van der Waals surface area contributed by atoms with E-state index in [1.54, 1.807) is 53.9 Å². The number of nitrogens with one attached hydrogen (secondary N) is 1. The summed E-state index contributed by atoms with van der Waals surface area (Å²) in [7, 11) is 0. The number of thiazole rings is 1. The molecule has 25 heavy (non-hydrogen) atoms. The number of aromatic nitrogens is 1. The summed E-state index contributed by atoms with van der Waals surface area (Å²) in [6, 6.07) is 15.9. The summed E-state index contributed by atoms with van der Waals surface area (Å²) in [5.74, 6) is -0.499. The minimum absolute atomic E-state index is 0.0253. The Bertz CT molecular complexity index is 1100. The van der Waals surface area contributed by atoms with Crippen molar-refractivity contribution in [2.45, 2.75) is 0 Å². The molecule has 0 bridgehead atoms. The Labute approximate surface area is 146 Å². The third-order valence-electron chi connectivity index (χ3n) is 3.71. The van der Waals surface area contributed by atoms with E-state index in [1.165, 1.54) is 0 Å². The molecule has 0 spiro atoms. The van der Waals surface area contributed by atoms with Crippen molar-refractivity contribution < 1.29 is 9.21 Å². The standard InChI is InChI=1S/C19H12N2O3S/c22-17(15-11-13-3-1-2-4-16(13)24-19(15)23)21-14-7-5-12(6-8-14)18-20-9-10-25-18/h1-11H,(H,21,22). The van der Waals surface area contributed by atoms with Crippen molar-refractivity contribution in [3.05, 3.63) is 82.2 Å². The van der Waals surface area contributed by atoms with Gasteiger partial charge in [0, 0.05) is 28.2 Å². The van der Waals surface area contributed by atoms with E-state index >= 15 is 0 Å². The normalized spacial score (nSPS) is 10.7. The number of anilines is 1. The van der Waals surface area contributed by atoms with Gasteiger partial charge in [0.05, 0.1) is 0 Å². The van der Waals surface area contributed by atoms with Crippen LogP contribution < -0.4 is 10.9 Å². The Morgan fingerprint density at radius 3 is 2.64 bits per heavy atom. The summed E-state index contributed by atoms with van der Waals surface area (Å²) in [5.41, 5.74) is 1.34. The van der Waals surface area contributed by atoms with Crippen LogP contribution in [0.4, 0.5) is 5.69 Å². The van der Waals surface area contributed by atoms with Crippen LogP contribution in [0.1, 0.15) is 10.4 Å². The molecule has 0 unspecified atom stereocenters. The van der Waals surface area contributed by atoms with Crippen LogP contribution in [0.3, 0.4) is 0 Å². The highest BCUT2D eigenvalue weighted by atomic mass is 32.1. The predicted octanol–water partition coefficient (Wildman–Crippen LogP) is 4.17. The number of para-hydroxylation sites is 1. The van der Waals surface area contributed by atoms with E-state index in [9.17, 15) is 9.59 Å². The molecule has 122 valence electrons. The number of rotatable bonds is 3. The van der Waals surface area contributed by atoms with Crippen molar-refractivity contribution >= 4 is 33.9 Å². The number of carbonyl (C=O) groups is 1. The molecule has 1 N–H and O–H groups in total. The molecule has 2 heterocycles. The molecule has 2 aromatic carbocycles. The summed E-state index contributed by atoms with van der Waals surface area (Å²) in [6.45, 7) is 0. The van der Waals surface area contributed by atoms with Crippen molar-refractivity contribution in [3.8, 4) is 10.6 Å². The maximum atomic E-state index is 12.4. The first-order chi connectivity index (χ1) is 12.2. The molecule has 0 aliphatic carbocycles. The Hall–Kier alpha value is -3.25. The SMILES string of the molecule is O=C(Nc1ccc(-c2nccs2)cc1)c1cc2ccccc2oc1=O. The maximum absolute atomic E-state index is 12.4. The van der Waals surface area contributed by atoms with Crippen LogP contribution in [-0.4, -0.2) is 10.9 Å². The van der Waals surface area contributed by atoms with Crippen LogP contribution in [0.2, 0.25) is 0 Å². The molecule has 4 rings (SSSR count). The Morgan fingerprint density at radius 2 is 1.88 bits per heavy atom. The second-order valence-electron chi connectivity index (χ2n) is 5.35. The predicted molar refractivity (Wildman–Crippen MR) is 98.0 cm³/mol. The van der Waals surface area contributed by atoms with Crippen molar-refractivity contribution in [1.82, 2.24) is 4.98 Å². The summed E-state index contributed by atoms with van der Waals surface area (Å²) in [5, 5.41) is 6.24. The van der Waals surface area contributed by atoms with Crippen LogP contribution in [0, 0.1) is 0 Å². The van der Waals surface area contributed by atoms with Gasteiger partial charge >= 0.3 is 5.63 Å². The Morgan fingerprint density at radius 1 is 1.08 bits per heavy atom. The molecule has 1 amide bonds. The first-order valence-electron chi connectivity index (χ1n) is 7.55. The highest BCUT2D eigenvalue weighted by Crippen LogP contribution is 2.23. The largest absolute Gasteiger partial charge is 0.422 e. The van der Waals surface area contributed by atoms with Gasteiger partial charge in [0.15, 0.2) is 0 Å². The van der Waals surface area contributed by atoms with E-state index in [-0.39, 0.29) is 5.56 Å². The molecule has 0 aliphatic rings. The molecule has 0 aliphatic heterocycles. The summed E-state index contributed by atoms with van der Waals surface area (Å²) < 4.78 is 5.20. The molecule has 6 heteroatoms. The van der Waals surface area contributed by atoms with Gasteiger partial charge in [-0.05, 0) is 36.4 Å². The van der Waals surface area contributed by atoms with Crippen LogP contribution in [0.25, 0.3) is 21.5 Å². The average molecular weight is 348 g/mol. The third kappa shape index (κ3) is 3.07. The summed E-state index contributed by atoms with van der Waals surface area (Å²) in [4.78, 5) is 28.7. The molecule has 0 saturated carbocycles. The summed E-state index contributed by atoms with van der Waals surface area (Å²) >= 11 is 1.54. The topological polar surface area (TPSA) is 72.2 Å². The number of nitrogens with zero attached hydrogens (tertiary/aromatic N) is 1. The van der Waals surface area contributed by atoms with E-state index in [1.807, 2.05) is 23.6 Å². The lowest BCUT2D eigenvalue weighted by Gasteiger charge is -2.06. The quantitative estimate of drug-likeness (QED) is 0.564. The molecular weight excluding hydrogens is 336 g/mol. The van der Waals surface area contributed by atoms with E-state index in [4.69, 9.17) is 4.42 Å². The zero-order chi connectivity index (χ0) is 17.2. The van der Waals surface area contributed by atoms with Crippen molar-refractivity contribution in [3.63, 3.8) is 0 Å². The van der Waals surface area contributed by atoms with E-state index in [2.05, 4.69) is 10.3 Å². The van der Waals surface area contributed by atoms with Crippen molar-refractivity contribution in [1.29, 1.82) is 0 Å². The minimum Gasteiger partial charge on any atom is -0.422 e. The van der Waals surface area contributed by atoms with Gasteiger partial charge in [0.1, 0.15) is 16.2 Å². The molecule has 0 atom stereocenters. The first kappa shape index (κ1) is 15.3. The lowest BCUT2D eigenvalue weighted by molar-refractivity contribution is 0.102. The molecule has 4 aromatic rings. The zero-order valence-corrected chi connectivity index (χ0v) is 13.7. The molecule has 0 saturated heterocycles. The van der Waals surface area contributed by atoms with Crippen LogP contribution >= 0.6 is 11.3 Å². The Balaban J connectivity index is 1.60. The van der Waals surface area contributed by atoms with Gasteiger partial charge in [-0.3, -0.25) is 4.79 Å². The molecule has 5 nitrogen and oxygen atoms in total. The first-order valence-corrected chi connectivity index (χ1v) is 8.43. The number of amides is 1. The van der Waals surface area contributed by atoms with Crippen molar-refractivity contribution in [2.75, 3.05) is 5.32 Å². The lowest BCUT2D eigenvalue weighted by atomic mass is 10.1. The third-order valence-corrected chi connectivity index (χ3v) is 4.53. The van der Waals surface area contributed by atoms with Crippen LogP contribution in [0.5, 0.6) is 0 Å². The maximum Gasteiger partial charge on any atom is 0.349 e. The molecule has 2 aromatic heterocycles. The summed E-state index contributed by atoms with van der Waals surface area (Å²) in [6.07, 6.45) is 1.74. The van der Waals surface area contributed by atoms with Gasteiger partial charge in [-0.1, -0.05) is 18.2 Å². The fraction of sp³-hybridized carbons (Fsp3) is 0. The monoisotopic (exact) mass is 348 g/mol. The van der Waals surface area contributed by atoms with E-state index in [0.717, 1.165) is 10.6 Å². The van der Waals surface area contributed by atoms with E-state index in [0.29, 0.717) is 16.7 Å². The highest BCUT2D eigenvalue weighted by molar-refractivity contribution is 7.13. The average Bonchev–Trinajstić information content (AvgIpc) is 3.16. The number of carbonyl (C=O) groups excluding carboxylic acids is 1. The van der Waals surface area contributed by atoms with Gasteiger partial charge in [-0.2, -0.15) is 0 Å². The molecule has 0 radical (unpaired) electrons. The van der Waals surface area contributed by atoms with Gasteiger partial charge in [-0.15, -0.1) is 11.3 Å². The van der Waals surface area contributed by atoms with Gasteiger partial charge in [0.25, 0.3) is 5.91 Å². The number of benzene rings is 2. The van der Waals surface area contributed by atoms with Crippen molar-refractivity contribution in [2.24, 2.45) is 0 Å². The van der Waals surface area contributed by atoms with Gasteiger partial charge in [-0.25, -0.2) is 9.78 Å². The highest BCUT2D eigenvalue weighted by Gasteiger charge is 2.14. The lowest BCUT2D eigenvalue weighted by Crippen LogP contribution is -2.20. The zero-order valence-electron chi connectivity index (χ0n) is 12.9. The number of fused-ring (bicyclic) bond motifs is 1. The minimum atomic E-state index is -0.657. The second-order valence-corrected chi connectivity index (χ2v) is 6.25. The second kappa shape index (κ2) is 6.33. The molecular formula is C19H12N2O3S. The fourth-order valence-corrected chi connectivity index (χ4v) is 3.13. The number of hydrogen-bond acceptors (Lipinski definition) is 5. The van der Waals surface area contributed by atoms with Gasteiger partial charge < -0.3 is 9.73 Å². The molecule has 0 fully saturated rings. The smallest absolute Gasteiger partial charge is 0.349 e.